The van der Waals surface area contributed by atoms with Crippen molar-refractivity contribution in [3.63, 3.8) is 0 Å². The lowest BCUT2D eigenvalue weighted by molar-refractivity contribution is -0.303. The van der Waals surface area contributed by atoms with E-state index in [2.05, 4.69) is 0 Å². The molecule has 27 heavy (non-hydrogen) atoms. The van der Waals surface area contributed by atoms with E-state index < -0.39 is 41.9 Å². The Hall–Kier alpha value is -1.45. The van der Waals surface area contributed by atoms with Crippen LogP contribution in [0.25, 0.3) is 0 Å². The zero-order valence-corrected chi connectivity index (χ0v) is 14.4. The summed E-state index contributed by atoms with van der Waals surface area (Å²) in [6.45, 7) is 5.41. The van der Waals surface area contributed by atoms with Gasteiger partial charge in [-0.05, 0) is 16.5 Å². The number of alkyl halides is 9. The minimum Gasteiger partial charge on any atom is -0.388 e. The van der Waals surface area contributed by atoms with Gasteiger partial charge in [-0.3, -0.25) is 0 Å². The summed E-state index contributed by atoms with van der Waals surface area (Å²) in [4.78, 5) is 0. The van der Waals surface area contributed by atoms with Crippen LogP contribution in [0.15, 0.2) is 24.3 Å². The molecular weight excluding hydrogens is 391 g/mol. The van der Waals surface area contributed by atoms with Crippen molar-refractivity contribution in [3.05, 3.63) is 35.4 Å². The summed E-state index contributed by atoms with van der Waals surface area (Å²) >= 11 is 0. The molecule has 0 heterocycles. The van der Waals surface area contributed by atoms with Crippen LogP contribution in [0.1, 0.15) is 44.4 Å². The monoisotopic (exact) mass is 408 g/mol. The number of hydrogen-bond acceptors (Lipinski definition) is 1. The number of hydrogen-bond donors (Lipinski definition) is 1. The van der Waals surface area contributed by atoms with Crippen molar-refractivity contribution in [3.8, 4) is 0 Å². The molecule has 0 bridgehead atoms. The highest BCUT2D eigenvalue weighted by Crippen LogP contribution is 2.70. The molecule has 0 aromatic heterocycles. The third-order valence-corrected chi connectivity index (χ3v) is 4.81. The molecule has 1 aliphatic rings. The van der Waals surface area contributed by atoms with Crippen LogP contribution in [-0.2, 0) is 5.41 Å². The van der Waals surface area contributed by atoms with Gasteiger partial charge in [0.05, 0.1) is 6.10 Å². The predicted molar refractivity (Wildman–Crippen MR) is 78.3 cm³/mol. The Morgan fingerprint density at radius 3 is 1.44 bits per heavy atom. The molecule has 1 aromatic carbocycles. The maximum absolute atomic E-state index is 14.4. The van der Waals surface area contributed by atoms with Gasteiger partial charge in [0, 0.05) is 6.42 Å². The number of halogens is 9. The summed E-state index contributed by atoms with van der Waals surface area (Å²) in [6.07, 6.45) is -4.78. The highest BCUT2D eigenvalue weighted by atomic mass is 19.4. The molecule has 0 spiro atoms. The van der Waals surface area contributed by atoms with Crippen LogP contribution in [0, 0.1) is 0 Å². The second-order valence-corrected chi connectivity index (χ2v) is 7.69. The number of benzene rings is 1. The van der Waals surface area contributed by atoms with Gasteiger partial charge in [0.25, 0.3) is 5.67 Å². The van der Waals surface area contributed by atoms with E-state index in [9.17, 15) is 44.6 Å². The van der Waals surface area contributed by atoms with Crippen LogP contribution in [-0.4, -0.2) is 34.5 Å². The standard InChI is InChI=1S/C17H17F9O/c1-12(2,3)10-6-4-9(5-7-10)11(27)8-13(18)14(19,20)16(23,24)17(25,26)15(13,21)22/h4-7,11,27H,8H2,1-3H3. The Morgan fingerprint density at radius 1 is 0.741 bits per heavy atom. The molecule has 1 aliphatic carbocycles. The lowest BCUT2D eigenvalue weighted by Crippen LogP contribution is -2.55. The van der Waals surface area contributed by atoms with Crippen molar-refractivity contribution in [1.82, 2.24) is 0 Å². The Labute approximate surface area is 149 Å². The summed E-state index contributed by atoms with van der Waals surface area (Å²) in [5, 5.41) is 9.85. The van der Waals surface area contributed by atoms with Gasteiger partial charge in [-0.15, -0.1) is 0 Å². The molecule has 10 heteroatoms. The molecule has 0 saturated heterocycles. The zero-order valence-electron chi connectivity index (χ0n) is 14.4. The van der Waals surface area contributed by atoms with E-state index in [1.165, 1.54) is 12.1 Å². The van der Waals surface area contributed by atoms with Crippen LogP contribution in [0.4, 0.5) is 39.5 Å². The van der Waals surface area contributed by atoms with E-state index in [1.54, 1.807) is 20.8 Å². The fraction of sp³-hybridized carbons (Fsp3) is 0.647. The second kappa shape index (κ2) is 5.78. The fourth-order valence-corrected chi connectivity index (χ4v) is 2.94. The van der Waals surface area contributed by atoms with Crippen molar-refractivity contribution in [2.75, 3.05) is 0 Å². The third kappa shape index (κ3) is 2.66. The van der Waals surface area contributed by atoms with Crippen LogP contribution < -0.4 is 0 Å². The van der Waals surface area contributed by atoms with E-state index in [0.29, 0.717) is 5.56 Å². The van der Waals surface area contributed by atoms with Gasteiger partial charge < -0.3 is 5.11 Å². The SMILES string of the molecule is CC(C)(C)c1ccc(C(O)CC2(F)C(F)(F)C(F)(F)C(F)(F)C2(F)F)cc1. The van der Waals surface area contributed by atoms with E-state index >= 15 is 0 Å². The fourth-order valence-electron chi connectivity index (χ4n) is 2.94. The number of aliphatic hydroxyl groups excluding tert-OH is 1. The molecule has 1 nitrogen and oxygen atoms in total. The van der Waals surface area contributed by atoms with Crippen molar-refractivity contribution in [2.24, 2.45) is 0 Å². The first kappa shape index (κ1) is 21.8. The average molecular weight is 408 g/mol. The van der Waals surface area contributed by atoms with Gasteiger partial charge in [0.15, 0.2) is 0 Å². The van der Waals surface area contributed by atoms with Crippen LogP contribution in [0.2, 0.25) is 0 Å². The molecule has 1 saturated carbocycles. The molecule has 0 amide bonds. The normalized spacial score (nSPS) is 26.0. The van der Waals surface area contributed by atoms with Gasteiger partial charge in [-0.25, -0.2) is 4.39 Å². The first-order valence-electron chi connectivity index (χ1n) is 7.83. The quantitative estimate of drug-likeness (QED) is 0.639. The van der Waals surface area contributed by atoms with E-state index in [4.69, 9.17) is 0 Å². The van der Waals surface area contributed by atoms with Crippen LogP contribution in [0.5, 0.6) is 0 Å². The minimum atomic E-state index is -6.63. The van der Waals surface area contributed by atoms with E-state index in [1.807, 2.05) is 0 Å². The molecule has 0 radical (unpaired) electrons. The number of rotatable bonds is 3. The Balaban J connectivity index is 2.42. The van der Waals surface area contributed by atoms with Gasteiger partial charge in [-0.2, -0.15) is 35.1 Å². The molecule has 1 atom stereocenters. The van der Waals surface area contributed by atoms with Crippen molar-refractivity contribution < 1.29 is 44.6 Å². The Morgan fingerprint density at radius 2 is 1.11 bits per heavy atom. The van der Waals surface area contributed by atoms with Crippen molar-refractivity contribution >= 4 is 0 Å². The lowest BCUT2D eigenvalue weighted by atomic mass is 9.84. The summed E-state index contributed by atoms with van der Waals surface area (Å²) in [6, 6.07) is 4.96. The first-order chi connectivity index (χ1) is 11.8. The molecule has 1 aromatic rings. The van der Waals surface area contributed by atoms with Crippen molar-refractivity contribution in [2.45, 2.75) is 68.1 Å². The molecular formula is C17H17F9O. The zero-order chi connectivity index (χ0) is 21.3. The highest BCUT2D eigenvalue weighted by molar-refractivity contribution is 5.31. The maximum atomic E-state index is 14.4. The summed E-state index contributed by atoms with van der Waals surface area (Å²) in [5.41, 5.74) is -5.71. The molecule has 154 valence electrons. The van der Waals surface area contributed by atoms with Crippen LogP contribution >= 0.6 is 0 Å². The minimum absolute atomic E-state index is 0.356. The molecule has 1 N–H and O–H groups in total. The molecule has 1 fully saturated rings. The second-order valence-electron chi connectivity index (χ2n) is 7.69. The maximum Gasteiger partial charge on any atom is 0.381 e. The van der Waals surface area contributed by atoms with Crippen LogP contribution in [0.3, 0.4) is 0 Å². The smallest absolute Gasteiger partial charge is 0.381 e. The van der Waals surface area contributed by atoms with Crippen molar-refractivity contribution in [1.29, 1.82) is 0 Å². The molecule has 2 rings (SSSR count). The van der Waals surface area contributed by atoms with Gasteiger partial charge >= 0.3 is 23.7 Å². The average Bonchev–Trinajstić information content (AvgIpc) is 2.56. The van der Waals surface area contributed by atoms with Gasteiger partial charge in [-0.1, -0.05) is 45.0 Å². The summed E-state index contributed by atoms with van der Waals surface area (Å²) in [7, 11) is 0. The van der Waals surface area contributed by atoms with Gasteiger partial charge in [0.1, 0.15) is 0 Å². The first-order valence-corrected chi connectivity index (χ1v) is 7.83. The molecule has 1 unspecified atom stereocenters. The molecule has 0 aliphatic heterocycles. The highest BCUT2D eigenvalue weighted by Gasteiger charge is 3.00. The third-order valence-electron chi connectivity index (χ3n) is 4.81. The van der Waals surface area contributed by atoms with Gasteiger partial charge in [0.2, 0.25) is 0 Å². The lowest BCUT2D eigenvalue weighted by Gasteiger charge is -2.32. The largest absolute Gasteiger partial charge is 0.388 e. The number of aliphatic hydroxyl groups is 1. The summed E-state index contributed by atoms with van der Waals surface area (Å²) < 4.78 is 122. The summed E-state index contributed by atoms with van der Waals surface area (Å²) in [5.74, 6) is -26.1. The topological polar surface area (TPSA) is 20.2 Å². The Kier molecular flexibility index (Phi) is 4.67. The Bertz CT molecular complexity index is 678. The van der Waals surface area contributed by atoms with E-state index in [-0.39, 0.29) is 11.0 Å². The predicted octanol–water partition coefficient (Wildman–Crippen LogP) is 5.67. The van der Waals surface area contributed by atoms with E-state index in [0.717, 1.165) is 12.1 Å².